The zero-order chi connectivity index (χ0) is 19.2. The van der Waals surface area contributed by atoms with Crippen molar-refractivity contribution in [3.8, 4) is 5.88 Å². The molecule has 3 rings (SSSR count). The first-order valence-electron chi connectivity index (χ1n) is 9.23. The van der Waals surface area contributed by atoms with Gasteiger partial charge in [0.1, 0.15) is 6.33 Å². The van der Waals surface area contributed by atoms with Gasteiger partial charge in [-0.15, -0.1) is 0 Å². The van der Waals surface area contributed by atoms with Crippen molar-refractivity contribution < 1.29 is 9.84 Å². The van der Waals surface area contributed by atoms with Crippen molar-refractivity contribution in [3.05, 3.63) is 66.0 Å². The minimum Gasteiger partial charge on any atom is -0.477 e. The van der Waals surface area contributed by atoms with Crippen LogP contribution in [0, 0.1) is 6.92 Å². The standard InChI is InChI=1S/C17H16N2O.C3H8O.C2H6/c1-13-6-8-14(9-7-13)10-11-20-17-15-4-2-3-5-16(15)18-12-19-17;1-2-3-4;1-2/h2-9,12H,10-11H2,1H3;4H,2-3H2,1H3;1-2H3. The number of aromatic nitrogens is 2. The van der Waals surface area contributed by atoms with Crippen LogP contribution in [0.3, 0.4) is 0 Å². The summed E-state index contributed by atoms with van der Waals surface area (Å²) >= 11 is 0. The molecule has 26 heavy (non-hydrogen) atoms. The molecule has 1 N–H and O–H groups in total. The summed E-state index contributed by atoms with van der Waals surface area (Å²) < 4.78 is 5.80. The van der Waals surface area contributed by atoms with Crippen LogP contribution < -0.4 is 4.74 Å². The van der Waals surface area contributed by atoms with Crippen LogP contribution in [0.25, 0.3) is 10.9 Å². The predicted octanol–water partition coefficient (Wildman–Crippen LogP) is 4.97. The Morgan fingerprint density at radius 1 is 0.962 bits per heavy atom. The monoisotopic (exact) mass is 354 g/mol. The largest absolute Gasteiger partial charge is 0.477 e. The number of hydrogen-bond donors (Lipinski definition) is 1. The maximum atomic E-state index is 7.88. The fourth-order valence-electron chi connectivity index (χ4n) is 2.12. The van der Waals surface area contributed by atoms with Crippen molar-refractivity contribution in [2.75, 3.05) is 13.2 Å². The molecule has 0 aliphatic carbocycles. The van der Waals surface area contributed by atoms with Crippen molar-refractivity contribution in [1.82, 2.24) is 9.97 Å². The molecule has 0 bridgehead atoms. The highest BCUT2D eigenvalue weighted by Crippen LogP contribution is 2.20. The fourth-order valence-corrected chi connectivity index (χ4v) is 2.12. The lowest BCUT2D eigenvalue weighted by Gasteiger charge is -2.07. The van der Waals surface area contributed by atoms with Gasteiger partial charge in [-0.3, -0.25) is 0 Å². The third-order valence-electron chi connectivity index (χ3n) is 3.48. The maximum absolute atomic E-state index is 7.88. The summed E-state index contributed by atoms with van der Waals surface area (Å²) in [5.74, 6) is 0.655. The van der Waals surface area contributed by atoms with Crippen LogP contribution in [0.2, 0.25) is 0 Å². The van der Waals surface area contributed by atoms with Crippen molar-refractivity contribution in [2.45, 2.75) is 40.5 Å². The number of aliphatic hydroxyl groups is 1. The van der Waals surface area contributed by atoms with Crippen LogP contribution in [-0.4, -0.2) is 28.3 Å². The number of hydrogen-bond acceptors (Lipinski definition) is 4. The van der Waals surface area contributed by atoms with Gasteiger partial charge in [-0.1, -0.05) is 62.7 Å². The summed E-state index contributed by atoms with van der Waals surface area (Å²) in [7, 11) is 0. The highest BCUT2D eigenvalue weighted by Gasteiger charge is 2.03. The molecule has 0 fully saturated rings. The number of benzene rings is 2. The molecule has 0 aliphatic rings. The molecule has 0 atom stereocenters. The van der Waals surface area contributed by atoms with Crippen molar-refractivity contribution >= 4 is 10.9 Å². The molecular formula is C22H30N2O2. The highest BCUT2D eigenvalue weighted by molar-refractivity contribution is 5.82. The van der Waals surface area contributed by atoms with Crippen LogP contribution in [0.5, 0.6) is 5.88 Å². The molecule has 4 heteroatoms. The van der Waals surface area contributed by atoms with Crippen molar-refractivity contribution in [2.24, 2.45) is 0 Å². The molecule has 0 saturated carbocycles. The molecular weight excluding hydrogens is 324 g/mol. The Balaban J connectivity index is 0.000000500. The summed E-state index contributed by atoms with van der Waals surface area (Å²) in [6.45, 7) is 8.96. The second kappa shape index (κ2) is 12.8. The SMILES string of the molecule is CC.CCCO.Cc1ccc(CCOc2ncnc3ccccc23)cc1. The number of para-hydroxylation sites is 1. The van der Waals surface area contributed by atoms with Crippen LogP contribution in [0.1, 0.15) is 38.3 Å². The Kier molecular flexibility index (Phi) is 10.7. The third-order valence-corrected chi connectivity index (χ3v) is 3.48. The molecule has 0 saturated heterocycles. The van der Waals surface area contributed by atoms with Gasteiger partial charge in [0, 0.05) is 13.0 Å². The lowest BCUT2D eigenvalue weighted by molar-refractivity contribution is 0.295. The third kappa shape index (κ3) is 7.19. The molecule has 0 aliphatic heterocycles. The molecule has 4 nitrogen and oxygen atoms in total. The van der Waals surface area contributed by atoms with E-state index in [1.165, 1.54) is 11.1 Å². The topological polar surface area (TPSA) is 55.2 Å². The first-order valence-corrected chi connectivity index (χ1v) is 9.23. The number of ether oxygens (including phenoxy) is 1. The highest BCUT2D eigenvalue weighted by atomic mass is 16.5. The quantitative estimate of drug-likeness (QED) is 0.702. The smallest absolute Gasteiger partial charge is 0.224 e. The zero-order valence-corrected chi connectivity index (χ0v) is 16.3. The van der Waals surface area contributed by atoms with Crippen LogP contribution >= 0.6 is 0 Å². The van der Waals surface area contributed by atoms with E-state index in [1.54, 1.807) is 6.33 Å². The van der Waals surface area contributed by atoms with Gasteiger partial charge in [-0.2, -0.15) is 0 Å². The number of rotatable bonds is 5. The van der Waals surface area contributed by atoms with Gasteiger partial charge in [0.15, 0.2) is 0 Å². The van der Waals surface area contributed by atoms with Gasteiger partial charge in [0.05, 0.1) is 17.5 Å². The van der Waals surface area contributed by atoms with Gasteiger partial charge in [0.2, 0.25) is 5.88 Å². The molecule has 140 valence electrons. The normalized spacial score (nSPS) is 9.58. The average molecular weight is 354 g/mol. The Hall–Kier alpha value is -2.46. The molecule has 0 spiro atoms. The van der Waals surface area contributed by atoms with E-state index in [-0.39, 0.29) is 0 Å². The second-order valence-corrected chi connectivity index (χ2v) is 5.50. The van der Waals surface area contributed by atoms with Crippen molar-refractivity contribution in [1.29, 1.82) is 0 Å². The Morgan fingerprint density at radius 3 is 2.27 bits per heavy atom. The van der Waals surface area contributed by atoms with Crippen LogP contribution in [-0.2, 0) is 6.42 Å². The number of aliphatic hydroxyl groups excluding tert-OH is 1. The first kappa shape index (κ1) is 21.6. The summed E-state index contributed by atoms with van der Waals surface area (Å²) in [6.07, 6.45) is 3.29. The summed E-state index contributed by atoms with van der Waals surface area (Å²) in [4.78, 5) is 8.45. The Morgan fingerprint density at radius 2 is 1.62 bits per heavy atom. The molecule has 1 aromatic heterocycles. The van der Waals surface area contributed by atoms with E-state index in [4.69, 9.17) is 9.84 Å². The predicted molar refractivity (Wildman–Crippen MR) is 109 cm³/mol. The van der Waals surface area contributed by atoms with E-state index in [9.17, 15) is 0 Å². The molecule has 0 unspecified atom stereocenters. The lowest BCUT2D eigenvalue weighted by atomic mass is 10.1. The molecule has 2 aromatic carbocycles. The average Bonchev–Trinajstić information content (AvgIpc) is 2.71. The Labute approximate surface area is 156 Å². The lowest BCUT2D eigenvalue weighted by Crippen LogP contribution is -2.03. The van der Waals surface area contributed by atoms with E-state index < -0.39 is 0 Å². The van der Waals surface area contributed by atoms with Gasteiger partial charge in [-0.25, -0.2) is 9.97 Å². The molecule has 1 heterocycles. The van der Waals surface area contributed by atoms with E-state index in [1.807, 2.05) is 45.0 Å². The minimum atomic E-state index is 0.319. The van der Waals surface area contributed by atoms with Gasteiger partial charge in [-0.05, 0) is 31.0 Å². The van der Waals surface area contributed by atoms with E-state index in [0.29, 0.717) is 19.1 Å². The summed E-state index contributed by atoms with van der Waals surface area (Å²) in [6, 6.07) is 16.4. The second-order valence-electron chi connectivity index (χ2n) is 5.50. The first-order chi connectivity index (χ1) is 12.7. The fraction of sp³-hybridized carbons (Fsp3) is 0.364. The van der Waals surface area contributed by atoms with Gasteiger partial charge < -0.3 is 9.84 Å². The summed E-state index contributed by atoms with van der Waals surface area (Å²) in [5, 5.41) is 8.83. The zero-order valence-electron chi connectivity index (χ0n) is 16.3. The molecule has 0 radical (unpaired) electrons. The summed E-state index contributed by atoms with van der Waals surface area (Å²) in [5.41, 5.74) is 3.46. The number of fused-ring (bicyclic) bond motifs is 1. The Bertz CT molecular complexity index is 735. The van der Waals surface area contributed by atoms with Crippen LogP contribution in [0.4, 0.5) is 0 Å². The maximum Gasteiger partial charge on any atom is 0.224 e. The molecule has 3 aromatic rings. The van der Waals surface area contributed by atoms with Crippen LogP contribution in [0.15, 0.2) is 54.9 Å². The number of nitrogens with zero attached hydrogens (tertiary/aromatic N) is 2. The van der Waals surface area contributed by atoms with Gasteiger partial charge in [0.25, 0.3) is 0 Å². The molecule has 0 amide bonds. The van der Waals surface area contributed by atoms with E-state index in [2.05, 4.69) is 41.2 Å². The van der Waals surface area contributed by atoms with E-state index >= 15 is 0 Å². The van der Waals surface area contributed by atoms with Crippen molar-refractivity contribution in [3.63, 3.8) is 0 Å². The minimum absolute atomic E-state index is 0.319. The number of aryl methyl sites for hydroxylation is 1. The van der Waals surface area contributed by atoms with E-state index in [0.717, 1.165) is 23.7 Å². The van der Waals surface area contributed by atoms with Gasteiger partial charge >= 0.3 is 0 Å².